The fourth-order valence-corrected chi connectivity index (χ4v) is 0. The van der Waals surface area contributed by atoms with Crippen LogP contribution in [-0.2, 0) is 8.64 Å². The molecule has 0 bridgehead atoms. The van der Waals surface area contributed by atoms with Crippen LogP contribution in [0.2, 0.25) is 0 Å². The van der Waals surface area contributed by atoms with E-state index in [2.05, 4.69) is 15.9 Å². The van der Waals surface area contributed by atoms with Gasteiger partial charge in [0.15, 0.2) is 0 Å². The molecule has 1 unspecified atom stereocenters. The summed E-state index contributed by atoms with van der Waals surface area (Å²) in [6, 6.07) is 0. The Morgan fingerprint density at radius 2 is 2.20 bits per heavy atom. The van der Waals surface area contributed by atoms with Crippen molar-refractivity contribution in [3.05, 3.63) is 0 Å². The summed E-state index contributed by atoms with van der Waals surface area (Å²) in [6.07, 6.45) is 0. The molecule has 0 fully saturated rings. The van der Waals surface area contributed by atoms with Crippen molar-refractivity contribution >= 4 is 20.1 Å². The SMILES string of the molecule is O=[P+](O)OCl. The molecule has 5 heavy (non-hydrogen) atoms. The zero-order valence-corrected chi connectivity index (χ0v) is 3.74. The lowest BCUT2D eigenvalue weighted by Crippen LogP contribution is -1.45. The van der Waals surface area contributed by atoms with Gasteiger partial charge >= 0.3 is 8.25 Å². The van der Waals surface area contributed by atoms with E-state index < -0.39 is 8.25 Å². The maximum absolute atomic E-state index is 9.16. The van der Waals surface area contributed by atoms with Crippen LogP contribution < -0.4 is 0 Å². The minimum Gasteiger partial charge on any atom is -0.132 e. The summed E-state index contributed by atoms with van der Waals surface area (Å²) < 4.78 is 12.4. The van der Waals surface area contributed by atoms with E-state index in [0.29, 0.717) is 0 Å². The van der Waals surface area contributed by atoms with E-state index in [0.717, 1.165) is 0 Å². The van der Waals surface area contributed by atoms with E-state index in [1.54, 1.807) is 0 Å². The Balaban J connectivity index is 2.85. The predicted molar refractivity (Wildman–Crippen MR) is 16.8 cm³/mol. The highest BCUT2D eigenvalue weighted by molar-refractivity contribution is 7.33. The first kappa shape index (κ1) is 5.31. The lowest BCUT2D eigenvalue weighted by Gasteiger charge is -1.49. The highest BCUT2D eigenvalue weighted by Crippen LogP contribution is 2.15. The van der Waals surface area contributed by atoms with Gasteiger partial charge in [0.2, 0.25) is 0 Å². The molecule has 0 rings (SSSR count). The fraction of sp³-hybridized carbons (Fsp3) is 0. The molecule has 0 saturated carbocycles. The average molecular weight is 115 g/mol. The summed E-state index contributed by atoms with van der Waals surface area (Å²) in [5, 5.41) is 0. The van der Waals surface area contributed by atoms with Crippen LogP contribution in [0.15, 0.2) is 0 Å². The summed E-state index contributed by atoms with van der Waals surface area (Å²) in [7, 11) is -2.58. The van der Waals surface area contributed by atoms with E-state index in [-0.39, 0.29) is 0 Å². The molecule has 30 valence electrons. The van der Waals surface area contributed by atoms with Gasteiger partial charge in [-0.05, 0) is 4.08 Å². The van der Waals surface area contributed by atoms with Gasteiger partial charge in [-0.1, -0.05) is 0 Å². The lowest BCUT2D eigenvalue weighted by atomic mass is 15.8. The van der Waals surface area contributed by atoms with Crippen LogP contribution in [0.5, 0.6) is 0 Å². The maximum Gasteiger partial charge on any atom is 0.713 e. The highest BCUT2D eigenvalue weighted by atomic mass is 35.5. The molecular formula is HClO3P+. The van der Waals surface area contributed by atoms with E-state index >= 15 is 0 Å². The van der Waals surface area contributed by atoms with Crippen LogP contribution in [0.4, 0.5) is 0 Å². The Bertz CT molecular complexity index is 42.2. The molecule has 0 heterocycles. The second-order valence-corrected chi connectivity index (χ2v) is 1.33. The molecule has 5 heteroatoms. The highest BCUT2D eigenvalue weighted by Gasteiger charge is 2.06. The Labute approximate surface area is 34.6 Å². The number of halogens is 1. The molecular weight excluding hydrogens is 114 g/mol. The summed E-state index contributed by atoms with van der Waals surface area (Å²) in [6.45, 7) is 0. The molecule has 0 aromatic carbocycles. The van der Waals surface area contributed by atoms with Crippen molar-refractivity contribution in [2.24, 2.45) is 0 Å². The maximum atomic E-state index is 9.16. The van der Waals surface area contributed by atoms with Gasteiger partial charge < -0.3 is 0 Å². The molecule has 0 amide bonds. The fourth-order valence-electron chi connectivity index (χ4n) is 0. The van der Waals surface area contributed by atoms with Crippen molar-refractivity contribution < 1.29 is 13.5 Å². The van der Waals surface area contributed by atoms with Gasteiger partial charge in [0.25, 0.3) is 0 Å². The van der Waals surface area contributed by atoms with Crippen LogP contribution in [0.3, 0.4) is 0 Å². The van der Waals surface area contributed by atoms with Crippen molar-refractivity contribution in [2.75, 3.05) is 0 Å². The van der Waals surface area contributed by atoms with Crippen LogP contribution >= 0.6 is 20.1 Å². The van der Waals surface area contributed by atoms with Crippen molar-refractivity contribution in [3.8, 4) is 0 Å². The molecule has 0 aliphatic rings. The molecule has 0 radical (unpaired) electrons. The van der Waals surface area contributed by atoms with Gasteiger partial charge in [-0.25, -0.2) is 0 Å². The van der Waals surface area contributed by atoms with Gasteiger partial charge in [0.05, 0.1) is 0 Å². The summed E-state index contributed by atoms with van der Waals surface area (Å²) in [5.41, 5.74) is 0. The van der Waals surface area contributed by atoms with Gasteiger partial charge in [-0.3, -0.25) is 0 Å². The summed E-state index contributed by atoms with van der Waals surface area (Å²) in [5.74, 6) is 0. The van der Waals surface area contributed by atoms with E-state index in [9.17, 15) is 0 Å². The molecule has 3 nitrogen and oxygen atoms in total. The Morgan fingerprint density at radius 1 is 2.00 bits per heavy atom. The topological polar surface area (TPSA) is 46.5 Å². The molecule has 0 aromatic heterocycles. The molecule has 0 saturated heterocycles. The smallest absolute Gasteiger partial charge is 0.132 e. The minimum atomic E-state index is -2.58. The van der Waals surface area contributed by atoms with Crippen LogP contribution in [-0.4, -0.2) is 4.89 Å². The van der Waals surface area contributed by atoms with Gasteiger partial charge in [0.1, 0.15) is 11.9 Å². The van der Waals surface area contributed by atoms with Crippen molar-refractivity contribution in [1.82, 2.24) is 0 Å². The predicted octanol–water partition coefficient (Wildman–Crippen LogP) is 0.806. The normalized spacial score (nSPS) is 11.2. The molecule has 0 aromatic rings. The second-order valence-electron chi connectivity index (χ2n) is 0.307. The van der Waals surface area contributed by atoms with Crippen molar-refractivity contribution in [2.45, 2.75) is 0 Å². The molecule has 1 atom stereocenters. The Hall–Kier alpha value is 0.310. The first-order valence-corrected chi connectivity index (χ1v) is 2.16. The third-order valence-corrected chi connectivity index (χ3v) is 0.531. The van der Waals surface area contributed by atoms with E-state index in [1.807, 2.05) is 0 Å². The van der Waals surface area contributed by atoms with Crippen LogP contribution in [0.25, 0.3) is 0 Å². The first-order chi connectivity index (χ1) is 2.27. The minimum absolute atomic E-state index is 2.58. The summed E-state index contributed by atoms with van der Waals surface area (Å²) in [4.78, 5) is 7.52. The summed E-state index contributed by atoms with van der Waals surface area (Å²) >= 11 is 4.30. The monoisotopic (exact) mass is 115 g/mol. The van der Waals surface area contributed by atoms with Gasteiger partial charge in [0, 0.05) is 4.57 Å². The van der Waals surface area contributed by atoms with Crippen molar-refractivity contribution in [1.29, 1.82) is 0 Å². The molecule has 0 aliphatic heterocycles. The second kappa shape index (κ2) is 2.54. The Kier molecular flexibility index (Phi) is 2.70. The zero-order chi connectivity index (χ0) is 4.28. The van der Waals surface area contributed by atoms with Gasteiger partial charge in [-0.15, -0.1) is 4.89 Å². The average Bonchev–Trinajstić information content (AvgIpc) is 1.38. The van der Waals surface area contributed by atoms with Crippen molar-refractivity contribution in [3.63, 3.8) is 0 Å². The van der Waals surface area contributed by atoms with Crippen LogP contribution in [0, 0.1) is 0 Å². The van der Waals surface area contributed by atoms with Crippen LogP contribution in [0.1, 0.15) is 0 Å². The lowest BCUT2D eigenvalue weighted by molar-refractivity contribution is 0.425. The number of rotatable bonds is 1. The zero-order valence-electron chi connectivity index (χ0n) is 2.09. The third-order valence-electron chi connectivity index (χ3n) is 0.0590. The molecule has 1 N–H and O–H groups in total. The van der Waals surface area contributed by atoms with Gasteiger partial charge in [-0.2, -0.15) is 0 Å². The third kappa shape index (κ3) is 4.31. The largest absolute Gasteiger partial charge is 0.713 e. The quantitative estimate of drug-likeness (QED) is 0.515. The number of hydrogen-bond donors (Lipinski definition) is 1. The van der Waals surface area contributed by atoms with E-state index in [1.165, 1.54) is 0 Å². The first-order valence-electron chi connectivity index (χ1n) is 0.719. The standard InChI is InChI=1S/ClO3P/c1-4-5(2)3/p+1. The molecule has 0 spiro atoms. The van der Waals surface area contributed by atoms with E-state index in [4.69, 9.17) is 9.46 Å². The number of hydrogen-bond acceptors (Lipinski definition) is 2. The Morgan fingerprint density at radius 3 is 2.20 bits per heavy atom. The molecule has 0 aliphatic carbocycles.